The first-order valence-electron chi connectivity index (χ1n) is 9.14. The molecule has 2 aliphatic heterocycles. The normalized spacial score (nSPS) is 21.1. The van der Waals surface area contributed by atoms with Crippen LogP contribution in [0.15, 0.2) is 48.5 Å². The van der Waals surface area contributed by atoms with Crippen molar-refractivity contribution in [2.24, 2.45) is 5.92 Å². The third-order valence-electron chi connectivity index (χ3n) is 5.09. The average molecular weight is 399 g/mol. The number of hydrogen-bond acceptors (Lipinski definition) is 4. The Morgan fingerprint density at radius 2 is 1.71 bits per heavy atom. The van der Waals surface area contributed by atoms with Gasteiger partial charge in [-0.15, -0.1) is 0 Å². The second kappa shape index (κ2) is 7.73. The highest BCUT2D eigenvalue weighted by molar-refractivity contribution is 6.33. The molecular weight excluding hydrogens is 380 g/mol. The van der Waals surface area contributed by atoms with Gasteiger partial charge in [0.05, 0.1) is 34.4 Å². The average Bonchev–Trinajstić information content (AvgIpc) is 3.25. The van der Waals surface area contributed by atoms with Crippen molar-refractivity contribution < 1.29 is 19.1 Å². The molecule has 2 aromatic carbocycles. The van der Waals surface area contributed by atoms with Crippen LogP contribution in [0, 0.1) is 5.92 Å². The minimum atomic E-state index is -0.254. The summed E-state index contributed by atoms with van der Waals surface area (Å²) in [5.74, 6) is -0.713. The van der Waals surface area contributed by atoms with Gasteiger partial charge in [0.15, 0.2) is 0 Å². The van der Waals surface area contributed by atoms with Crippen LogP contribution in [-0.4, -0.2) is 48.4 Å². The third kappa shape index (κ3) is 3.53. The molecule has 7 heteroatoms. The minimum Gasteiger partial charge on any atom is -0.376 e. The number of benzene rings is 2. The monoisotopic (exact) mass is 398 g/mol. The molecule has 0 saturated carbocycles. The lowest BCUT2D eigenvalue weighted by atomic mass is 10.0. The van der Waals surface area contributed by atoms with E-state index in [1.54, 1.807) is 48.5 Å². The van der Waals surface area contributed by atoms with Crippen molar-refractivity contribution in [2.75, 3.05) is 19.7 Å². The smallest absolute Gasteiger partial charge is 0.261 e. The van der Waals surface area contributed by atoms with E-state index in [2.05, 4.69) is 5.32 Å². The van der Waals surface area contributed by atoms with Crippen molar-refractivity contribution >= 4 is 29.3 Å². The number of ether oxygens (including phenoxy) is 1. The fraction of sp³-hybridized carbons (Fsp3) is 0.286. The van der Waals surface area contributed by atoms with E-state index in [0.717, 1.165) is 0 Å². The van der Waals surface area contributed by atoms with E-state index >= 15 is 0 Å². The predicted molar refractivity (Wildman–Crippen MR) is 103 cm³/mol. The second-order valence-electron chi connectivity index (χ2n) is 7.01. The summed E-state index contributed by atoms with van der Waals surface area (Å²) in [6.45, 7) is 1.12. The topological polar surface area (TPSA) is 75.7 Å². The Hall–Kier alpha value is -2.70. The number of carbonyl (C=O) groups excluding carboxylic acids is 3. The van der Waals surface area contributed by atoms with Crippen LogP contribution in [0.1, 0.15) is 37.5 Å². The first-order valence-corrected chi connectivity index (χ1v) is 9.52. The Labute approximate surface area is 167 Å². The standard InChI is InChI=1S/C21H19ClN2O4/c22-18-8-4-3-7-17(18)19(25)23-10-14-9-13(12-28-14)11-24-20(26)15-5-1-2-6-16(15)21(24)27/h1-8,13-14H,9-12H2,(H,23,25). The highest BCUT2D eigenvalue weighted by Gasteiger charge is 2.38. The number of imide groups is 1. The van der Waals surface area contributed by atoms with Crippen molar-refractivity contribution in [3.63, 3.8) is 0 Å². The maximum atomic E-state index is 12.5. The van der Waals surface area contributed by atoms with E-state index in [-0.39, 0.29) is 29.7 Å². The van der Waals surface area contributed by atoms with Crippen molar-refractivity contribution in [1.82, 2.24) is 10.2 Å². The van der Waals surface area contributed by atoms with E-state index in [0.29, 0.717) is 47.8 Å². The number of amides is 3. The number of nitrogens with zero attached hydrogens (tertiary/aromatic N) is 1. The lowest BCUT2D eigenvalue weighted by Gasteiger charge is -2.17. The molecule has 1 N–H and O–H groups in total. The fourth-order valence-electron chi connectivity index (χ4n) is 3.66. The number of rotatable bonds is 5. The van der Waals surface area contributed by atoms with Gasteiger partial charge in [-0.1, -0.05) is 35.9 Å². The molecule has 2 atom stereocenters. The molecule has 2 aromatic rings. The number of hydrogen-bond donors (Lipinski definition) is 1. The number of carbonyl (C=O) groups is 3. The summed E-state index contributed by atoms with van der Waals surface area (Å²) in [7, 11) is 0. The molecule has 2 aliphatic rings. The van der Waals surface area contributed by atoms with Crippen LogP contribution >= 0.6 is 11.6 Å². The maximum absolute atomic E-state index is 12.5. The van der Waals surface area contributed by atoms with Crippen LogP contribution in [-0.2, 0) is 4.74 Å². The largest absolute Gasteiger partial charge is 0.376 e. The van der Waals surface area contributed by atoms with Gasteiger partial charge in [-0.05, 0) is 30.7 Å². The van der Waals surface area contributed by atoms with Gasteiger partial charge < -0.3 is 10.1 Å². The van der Waals surface area contributed by atoms with Crippen LogP contribution in [0.25, 0.3) is 0 Å². The Kier molecular flexibility index (Phi) is 5.15. The first-order chi connectivity index (χ1) is 13.5. The van der Waals surface area contributed by atoms with Crippen molar-refractivity contribution in [3.05, 3.63) is 70.2 Å². The molecule has 6 nitrogen and oxygen atoms in total. The maximum Gasteiger partial charge on any atom is 0.261 e. The molecule has 1 fully saturated rings. The van der Waals surface area contributed by atoms with Crippen LogP contribution in [0.2, 0.25) is 5.02 Å². The molecule has 0 radical (unpaired) electrons. The third-order valence-corrected chi connectivity index (χ3v) is 5.42. The van der Waals surface area contributed by atoms with E-state index in [1.807, 2.05) is 0 Å². The number of halogens is 1. The predicted octanol–water partition coefficient (Wildman–Crippen LogP) is 2.77. The number of nitrogens with one attached hydrogen (secondary N) is 1. The molecule has 2 heterocycles. The van der Waals surface area contributed by atoms with Gasteiger partial charge >= 0.3 is 0 Å². The van der Waals surface area contributed by atoms with Gasteiger partial charge in [-0.3, -0.25) is 19.3 Å². The molecule has 2 unspecified atom stereocenters. The summed E-state index contributed by atoms with van der Waals surface area (Å²) in [4.78, 5) is 38.5. The lowest BCUT2D eigenvalue weighted by molar-refractivity contribution is 0.0615. The van der Waals surface area contributed by atoms with E-state index in [4.69, 9.17) is 16.3 Å². The molecule has 0 aromatic heterocycles. The van der Waals surface area contributed by atoms with Crippen LogP contribution in [0.3, 0.4) is 0 Å². The Bertz CT molecular complexity index is 911. The molecule has 28 heavy (non-hydrogen) atoms. The van der Waals surface area contributed by atoms with Gasteiger partial charge in [0.1, 0.15) is 0 Å². The molecule has 4 rings (SSSR count). The summed E-state index contributed by atoms with van der Waals surface area (Å²) in [6.07, 6.45) is 0.502. The van der Waals surface area contributed by atoms with Crippen molar-refractivity contribution in [3.8, 4) is 0 Å². The fourth-order valence-corrected chi connectivity index (χ4v) is 3.88. The van der Waals surface area contributed by atoms with E-state index in [1.165, 1.54) is 4.90 Å². The van der Waals surface area contributed by atoms with E-state index < -0.39 is 0 Å². The zero-order valence-electron chi connectivity index (χ0n) is 15.1. The highest BCUT2D eigenvalue weighted by atomic mass is 35.5. The Morgan fingerprint density at radius 1 is 1.07 bits per heavy atom. The summed E-state index contributed by atoms with van der Waals surface area (Å²) in [5, 5.41) is 3.23. The lowest BCUT2D eigenvalue weighted by Crippen LogP contribution is -2.35. The summed E-state index contributed by atoms with van der Waals surface area (Å²) >= 11 is 6.04. The summed E-state index contributed by atoms with van der Waals surface area (Å²) < 4.78 is 5.74. The molecule has 1 saturated heterocycles. The zero-order chi connectivity index (χ0) is 19.7. The SMILES string of the molecule is O=C(NCC1CC(CN2C(=O)c3ccccc3C2=O)CO1)c1ccccc1Cl. The molecule has 0 aliphatic carbocycles. The van der Waals surface area contributed by atoms with Crippen LogP contribution < -0.4 is 5.32 Å². The van der Waals surface area contributed by atoms with Crippen LogP contribution in [0.4, 0.5) is 0 Å². The van der Waals surface area contributed by atoms with Gasteiger partial charge in [0.2, 0.25) is 0 Å². The van der Waals surface area contributed by atoms with Crippen molar-refractivity contribution in [2.45, 2.75) is 12.5 Å². The van der Waals surface area contributed by atoms with Gasteiger partial charge in [-0.2, -0.15) is 0 Å². The number of fused-ring (bicyclic) bond motifs is 1. The van der Waals surface area contributed by atoms with Gasteiger partial charge in [-0.25, -0.2) is 0 Å². The second-order valence-corrected chi connectivity index (χ2v) is 7.42. The van der Waals surface area contributed by atoms with Crippen molar-refractivity contribution in [1.29, 1.82) is 0 Å². The molecule has 3 amide bonds. The molecule has 0 spiro atoms. The zero-order valence-corrected chi connectivity index (χ0v) is 15.8. The van der Waals surface area contributed by atoms with Gasteiger partial charge in [0.25, 0.3) is 17.7 Å². The molecular formula is C21H19ClN2O4. The van der Waals surface area contributed by atoms with E-state index in [9.17, 15) is 14.4 Å². The quantitative estimate of drug-likeness (QED) is 0.786. The summed E-state index contributed by atoms with van der Waals surface area (Å²) in [6, 6.07) is 13.7. The van der Waals surface area contributed by atoms with Gasteiger partial charge in [0, 0.05) is 19.0 Å². The molecule has 0 bridgehead atoms. The Balaban J connectivity index is 1.31. The molecule has 144 valence electrons. The minimum absolute atomic E-state index is 0.0458. The summed E-state index contributed by atoms with van der Waals surface area (Å²) in [5.41, 5.74) is 1.33. The highest BCUT2D eigenvalue weighted by Crippen LogP contribution is 2.27. The Morgan fingerprint density at radius 3 is 2.39 bits per heavy atom. The van der Waals surface area contributed by atoms with Crippen LogP contribution in [0.5, 0.6) is 0 Å². The first kappa shape index (κ1) is 18.7.